The molecule has 0 spiro atoms. The lowest BCUT2D eigenvalue weighted by atomic mass is 9.96. The predicted octanol–water partition coefficient (Wildman–Crippen LogP) is 5.03. The molecule has 30 heavy (non-hydrogen) atoms. The Kier molecular flexibility index (Phi) is 7.55. The summed E-state index contributed by atoms with van der Waals surface area (Å²) in [5.74, 6) is 0.0760. The molecule has 2 aromatic carbocycles. The van der Waals surface area contributed by atoms with Crippen molar-refractivity contribution in [3.8, 4) is 0 Å². The van der Waals surface area contributed by atoms with Crippen LogP contribution in [0.4, 0.5) is 0 Å². The summed E-state index contributed by atoms with van der Waals surface area (Å²) < 4.78 is 27.6. The van der Waals surface area contributed by atoms with Crippen molar-refractivity contribution in [2.24, 2.45) is 5.92 Å². The van der Waals surface area contributed by atoms with Crippen LogP contribution in [0.15, 0.2) is 53.4 Å². The molecule has 0 aliphatic carbocycles. The van der Waals surface area contributed by atoms with Gasteiger partial charge in [0.15, 0.2) is 0 Å². The Hall–Kier alpha value is -1.89. The first kappa shape index (κ1) is 22.8. The van der Waals surface area contributed by atoms with Crippen molar-refractivity contribution >= 4 is 27.5 Å². The number of amides is 1. The standard InChI is InChI=1S/C23H29ClN2O3S/c1-17(2)15-21(18-9-5-3-6-10-18)25-23(27)19-11-12-20(24)22(16-19)30(28,29)26-13-7-4-8-14-26/h3,5-6,9-12,16-17,21H,4,7-8,13-15H2,1-2H3,(H,25,27)/t21-/m0/s1. The fourth-order valence-corrected chi connectivity index (χ4v) is 5.78. The van der Waals surface area contributed by atoms with Crippen molar-refractivity contribution in [2.75, 3.05) is 13.1 Å². The largest absolute Gasteiger partial charge is 0.345 e. The molecule has 2 aromatic rings. The van der Waals surface area contributed by atoms with Crippen LogP contribution in [0.1, 0.15) is 61.5 Å². The lowest BCUT2D eigenvalue weighted by molar-refractivity contribution is 0.0931. The van der Waals surface area contributed by atoms with E-state index >= 15 is 0 Å². The Morgan fingerprint density at radius 2 is 1.73 bits per heavy atom. The summed E-state index contributed by atoms with van der Waals surface area (Å²) in [5, 5.41) is 3.21. The van der Waals surface area contributed by atoms with Crippen molar-refractivity contribution in [3.63, 3.8) is 0 Å². The maximum absolute atomic E-state index is 13.1. The van der Waals surface area contributed by atoms with E-state index in [1.165, 1.54) is 16.4 Å². The number of sulfonamides is 1. The van der Waals surface area contributed by atoms with E-state index in [9.17, 15) is 13.2 Å². The highest BCUT2D eigenvalue weighted by molar-refractivity contribution is 7.89. The summed E-state index contributed by atoms with van der Waals surface area (Å²) in [4.78, 5) is 13.0. The normalized spacial score (nSPS) is 16.4. The first-order valence-corrected chi connectivity index (χ1v) is 12.3. The van der Waals surface area contributed by atoms with E-state index in [1.807, 2.05) is 30.3 Å². The number of benzene rings is 2. The highest BCUT2D eigenvalue weighted by atomic mass is 35.5. The van der Waals surface area contributed by atoms with Crippen LogP contribution < -0.4 is 5.32 Å². The van der Waals surface area contributed by atoms with E-state index in [1.54, 1.807) is 6.07 Å². The number of halogens is 1. The predicted molar refractivity (Wildman–Crippen MR) is 120 cm³/mol. The summed E-state index contributed by atoms with van der Waals surface area (Å²) in [5.41, 5.74) is 1.31. The molecule has 0 unspecified atom stereocenters. The van der Waals surface area contributed by atoms with Gasteiger partial charge in [-0.25, -0.2) is 8.42 Å². The van der Waals surface area contributed by atoms with Gasteiger partial charge in [0.25, 0.3) is 5.91 Å². The maximum atomic E-state index is 13.1. The van der Waals surface area contributed by atoms with E-state index in [2.05, 4.69) is 19.2 Å². The Balaban J connectivity index is 1.86. The summed E-state index contributed by atoms with van der Waals surface area (Å²) in [6, 6.07) is 14.1. The summed E-state index contributed by atoms with van der Waals surface area (Å²) in [6.45, 7) is 5.18. The topological polar surface area (TPSA) is 66.5 Å². The Bertz CT molecular complexity index is 971. The van der Waals surface area contributed by atoms with Crippen LogP contribution >= 0.6 is 11.6 Å². The third-order valence-corrected chi connectivity index (χ3v) is 7.72. The molecule has 0 radical (unpaired) electrons. The van der Waals surface area contributed by atoms with Crippen molar-refractivity contribution in [1.29, 1.82) is 0 Å². The third-order valence-electron chi connectivity index (χ3n) is 5.34. The van der Waals surface area contributed by atoms with Gasteiger partial charge in [0.2, 0.25) is 10.0 Å². The van der Waals surface area contributed by atoms with Gasteiger partial charge >= 0.3 is 0 Å². The molecule has 5 nitrogen and oxygen atoms in total. The van der Waals surface area contributed by atoms with E-state index in [0.29, 0.717) is 24.6 Å². The molecule has 1 atom stereocenters. The average Bonchev–Trinajstić information content (AvgIpc) is 2.74. The zero-order valence-corrected chi connectivity index (χ0v) is 19.0. The lowest BCUT2D eigenvalue weighted by Gasteiger charge is -2.26. The fourth-order valence-electron chi connectivity index (χ4n) is 3.76. The highest BCUT2D eigenvalue weighted by Crippen LogP contribution is 2.28. The van der Waals surface area contributed by atoms with Crippen LogP contribution in [0.3, 0.4) is 0 Å². The minimum atomic E-state index is -3.73. The van der Waals surface area contributed by atoms with Gasteiger partial charge in [-0.15, -0.1) is 0 Å². The summed E-state index contributed by atoms with van der Waals surface area (Å²) in [6.07, 6.45) is 3.48. The molecule has 1 aliphatic rings. The quantitative estimate of drug-likeness (QED) is 0.645. The molecule has 162 valence electrons. The molecule has 7 heteroatoms. The number of rotatable bonds is 7. The Morgan fingerprint density at radius 1 is 1.07 bits per heavy atom. The minimum absolute atomic E-state index is 0.00108. The van der Waals surface area contributed by atoms with Crippen molar-refractivity contribution in [3.05, 3.63) is 64.7 Å². The molecule has 1 heterocycles. The van der Waals surface area contributed by atoms with Gasteiger partial charge in [0.1, 0.15) is 4.90 Å². The first-order valence-electron chi connectivity index (χ1n) is 10.4. The lowest BCUT2D eigenvalue weighted by Crippen LogP contribution is -2.36. The van der Waals surface area contributed by atoms with Crippen LogP contribution in [0.5, 0.6) is 0 Å². The number of piperidine rings is 1. The fraction of sp³-hybridized carbons (Fsp3) is 0.435. The summed E-state index contributed by atoms with van der Waals surface area (Å²) in [7, 11) is -3.73. The maximum Gasteiger partial charge on any atom is 0.251 e. The molecule has 0 aromatic heterocycles. The minimum Gasteiger partial charge on any atom is -0.345 e. The van der Waals surface area contributed by atoms with Gasteiger partial charge in [-0.3, -0.25) is 4.79 Å². The SMILES string of the molecule is CC(C)C[C@H](NC(=O)c1ccc(Cl)c(S(=O)(=O)N2CCCCC2)c1)c1ccccc1. The zero-order valence-electron chi connectivity index (χ0n) is 17.5. The Labute approximate surface area is 184 Å². The zero-order chi connectivity index (χ0) is 21.7. The molecule has 1 N–H and O–H groups in total. The number of nitrogens with zero attached hydrogens (tertiary/aromatic N) is 1. The molecule has 3 rings (SSSR count). The molecule has 1 fully saturated rings. The smallest absolute Gasteiger partial charge is 0.251 e. The number of nitrogens with one attached hydrogen (secondary N) is 1. The second-order valence-electron chi connectivity index (χ2n) is 8.18. The number of hydrogen-bond acceptors (Lipinski definition) is 3. The van der Waals surface area contributed by atoms with Crippen LogP contribution in [0, 0.1) is 5.92 Å². The first-order chi connectivity index (χ1) is 14.3. The highest BCUT2D eigenvalue weighted by Gasteiger charge is 2.29. The molecular formula is C23H29ClN2O3S. The van der Waals surface area contributed by atoms with Crippen LogP contribution in [0.25, 0.3) is 0 Å². The molecular weight excluding hydrogens is 420 g/mol. The molecule has 1 amide bonds. The molecule has 1 aliphatic heterocycles. The van der Waals surface area contributed by atoms with E-state index in [-0.39, 0.29) is 21.9 Å². The number of carbonyl (C=O) groups is 1. The van der Waals surface area contributed by atoms with E-state index in [4.69, 9.17) is 11.6 Å². The van der Waals surface area contributed by atoms with E-state index < -0.39 is 10.0 Å². The van der Waals surface area contributed by atoms with Crippen LogP contribution in [-0.2, 0) is 10.0 Å². The monoisotopic (exact) mass is 448 g/mol. The van der Waals surface area contributed by atoms with Gasteiger partial charge in [-0.2, -0.15) is 4.31 Å². The third kappa shape index (κ3) is 5.42. The van der Waals surface area contributed by atoms with Gasteiger partial charge in [-0.05, 0) is 48.9 Å². The second-order valence-corrected chi connectivity index (χ2v) is 10.5. The van der Waals surface area contributed by atoms with Crippen molar-refractivity contribution in [1.82, 2.24) is 9.62 Å². The average molecular weight is 449 g/mol. The molecule has 0 saturated carbocycles. The van der Waals surface area contributed by atoms with E-state index in [0.717, 1.165) is 31.2 Å². The summed E-state index contributed by atoms with van der Waals surface area (Å²) >= 11 is 6.24. The van der Waals surface area contributed by atoms with Gasteiger partial charge in [0.05, 0.1) is 11.1 Å². The van der Waals surface area contributed by atoms with Crippen LogP contribution in [-0.4, -0.2) is 31.7 Å². The van der Waals surface area contributed by atoms with Gasteiger partial charge in [0, 0.05) is 18.7 Å². The number of carbonyl (C=O) groups excluding carboxylic acids is 1. The second kappa shape index (κ2) is 9.94. The molecule has 1 saturated heterocycles. The van der Waals surface area contributed by atoms with Crippen molar-refractivity contribution in [2.45, 2.75) is 50.5 Å². The van der Waals surface area contributed by atoms with Crippen molar-refractivity contribution < 1.29 is 13.2 Å². The molecule has 0 bridgehead atoms. The van der Waals surface area contributed by atoms with Gasteiger partial charge < -0.3 is 5.32 Å². The van der Waals surface area contributed by atoms with Gasteiger partial charge in [-0.1, -0.05) is 62.2 Å². The van der Waals surface area contributed by atoms with Crippen LogP contribution in [0.2, 0.25) is 5.02 Å². The Morgan fingerprint density at radius 3 is 2.37 bits per heavy atom. The number of hydrogen-bond donors (Lipinski definition) is 1.